The summed E-state index contributed by atoms with van der Waals surface area (Å²) in [5.41, 5.74) is 4.06. The van der Waals surface area contributed by atoms with Gasteiger partial charge in [0.1, 0.15) is 5.41 Å². The van der Waals surface area contributed by atoms with Crippen molar-refractivity contribution < 1.29 is 9.59 Å². The SMILES string of the molecule is CC(C)(C(N)=O)C(=O)N1CCC1. The van der Waals surface area contributed by atoms with Crippen molar-refractivity contribution in [1.82, 2.24) is 4.90 Å². The Morgan fingerprint density at radius 1 is 1.33 bits per heavy atom. The summed E-state index contributed by atoms with van der Waals surface area (Å²) in [6, 6.07) is 0. The molecule has 0 radical (unpaired) electrons. The number of carbonyl (C=O) groups excluding carboxylic acids is 2. The lowest BCUT2D eigenvalue weighted by molar-refractivity contribution is -0.149. The summed E-state index contributed by atoms with van der Waals surface area (Å²) < 4.78 is 0. The van der Waals surface area contributed by atoms with E-state index in [1.165, 1.54) is 0 Å². The Bertz CT molecular complexity index is 219. The molecule has 1 fully saturated rings. The molecule has 68 valence electrons. The van der Waals surface area contributed by atoms with Gasteiger partial charge in [0, 0.05) is 13.1 Å². The fraction of sp³-hybridized carbons (Fsp3) is 0.750. The molecule has 1 heterocycles. The summed E-state index contributed by atoms with van der Waals surface area (Å²) in [5, 5.41) is 0. The van der Waals surface area contributed by atoms with Crippen LogP contribution in [0.3, 0.4) is 0 Å². The van der Waals surface area contributed by atoms with E-state index in [0.717, 1.165) is 19.5 Å². The number of nitrogens with zero attached hydrogens (tertiary/aromatic N) is 1. The van der Waals surface area contributed by atoms with Crippen LogP contribution in [-0.2, 0) is 9.59 Å². The zero-order chi connectivity index (χ0) is 9.35. The summed E-state index contributed by atoms with van der Waals surface area (Å²) in [4.78, 5) is 24.1. The van der Waals surface area contributed by atoms with Gasteiger partial charge in [-0.2, -0.15) is 0 Å². The van der Waals surface area contributed by atoms with Crippen LogP contribution in [0.25, 0.3) is 0 Å². The number of carbonyl (C=O) groups is 2. The highest BCUT2D eigenvalue weighted by molar-refractivity contribution is 6.03. The summed E-state index contributed by atoms with van der Waals surface area (Å²) >= 11 is 0. The number of amides is 2. The van der Waals surface area contributed by atoms with Crippen molar-refractivity contribution >= 4 is 11.8 Å². The molecule has 0 aromatic heterocycles. The average molecular weight is 170 g/mol. The van der Waals surface area contributed by atoms with Crippen LogP contribution in [-0.4, -0.2) is 29.8 Å². The smallest absolute Gasteiger partial charge is 0.237 e. The van der Waals surface area contributed by atoms with Gasteiger partial charge in [-0.1, -0.05) is 0 Å². The van der Waals surface area contributed by atoms with Gasteiger partial charge in [0.2, 0.25) is 11.8 Å². The normalized spacial score (nSPS) is 17.0. The lowest BCUT2D eigenvalue weighted by atomic mass is 9.89. The molecule has 0 saturated carbocycles. The Hall–Kier alpha value is -1.06. The van der Waals surface area contributed by atoms with E-state index in [1.54, 1.807) is 18.7 Å². The number of primary amides is 1. The lowest BCUT2D eigenvalue weighted by Crippen LogP contribution is -2.52. The molecule has 1 saturated heterocycles. The summed E-state index contributed by atoms with van der Waals surface area (Å²) in [5.74, 6) is -0.708. The minimum atomic E-state index is -1.04. The summed E-state index contributed by atoms with van der Waals surface area (Å²) in [6.07, 6.45) is 1.03. The van der Waals surface area contributed by atoms with Gasteiger partial charge in [0.25, 0.3) is 0 Å². The molecule has 0 atom stereocenters. The molecule has 0 spiro atoms. The van der Waals surface area contributed by atoms with Crippen LogP contribution in [0, 0.1) is 5.41 Å². The average Bonchev–Trinajstić information content (AvgIpc) is 1.83. The van der Waals surface area contributed by atoms with Gasteiger partial charge >= 0.3 is 0 Å². The quantitative estimate of drug-likeness (QED) is 0.580. The monoisotopic (exact) mass is 170 g/mol. The van der Waals surface area contributed by atoms with Crippen LogP contribution >= 0.6 is 0 Å². The van der Waals surface area contributed by atoms with E-state index in [2.05, 4.69) is 0 Å². The van der Waals surface area contributed by atoms with Gasteiger partial charge in [0.05, 0.1) is 0 Å². The van der Waals surface area contributed by atoms with E-state index < -0.39 is 11.3 Å². The Morgan fingerprint density at radius 2 is 1.83 bits per heavy atom. The predicted octanol–water partition coefficient (Wildman–Crippen LogP) is -0.270. The molecule has 2 N–H and O–H groups in total. The number of nitrogens with two attached hydrogens (primary N) is 1. The third kappa shape index (κ3) is 1.29. The lowest BCUT2D eigenvalue weighted by Gasteiger charge is -2.36. The molecular formula is C8H14N2O2. The third-order valence-corrected chi connectivity index (χ3v) is 2.29. The molecule has 1 aliphatic rings. The van der Waals surface area contributed by atoms with E-state index in [4.69, 9.17) is 5.73 Å². The molecule has 0 bridgehead atoms. The van der Waals surface area contributed by atoms with Crippen LogP contribution in [0.2, 0.25) is 0 Å². The highest BCUT2D eigenvalue weighted by atomic mass is 16.2. The van der Waals surface area contributed by atoms with Crippen LogP contribution in [0.4, 0.5) is 0 Å². The molecule has 0 aromatic rings. The Kier molecular flexibility index (Phi) is 2.08. The van der Waals surface area contributed by atoms with Crippen molar-refractivity contribution in [3.05, 3.63) is 0 Å². The predicted molar refractivity (Wildman–Crippen MR) is 44.2 cm³/mol. The summed E-state index contributed by atoms with van der Waals surface area (Å²) in [6.45, 7) is 4.65. The second kappa shape index (κ2) is 2.77. The van der Waals surface area contributed by atoms with Crippen molar-refractivity contribution in [3.8, 4) is 0 Å². The molecule has 2 amide bonds. The van der Waals surface area contributed by atoms with Crippen LogP contribution in [0.5, 0.6) is 0 Å². The molecular weight excluding hydrogens is 156 g/mol. The maximum absolute atomic E-state index is 11.5. The molecule has 4 heteroatoms. The molecule has 0 unspecified atom stereocenters. The number of rotatable bonds is 2. The zero-order valence-corrected chi connectivity index (χ0v) is 7.46. The first kappa shape index (κ1) is 9.03. The Labute approximate surface area is 71.7 Å². The molecule has 0 aliphatic carbocycles. The maximum atomic E-state index is 11.5. The number of likely N-dealkylation sites (tertiary alicyclic amines) is 1. The largest absolute Gasteiger partial charge is 0.369 e. The topological polar surface area (TPSA) is 63.4 Å². The molecule has 1 rings (SSSR count). The van der Waals surface area contributed by atoms with E-state index in [0.29, 0.717) is 0 Å². The molecule has 1 aliphatic heterocycles. The van der Waals surface area contributed by atoms with E-state index in [1.807, 2.05) is 0 Å². The van der Waals surface area contributed by atoms with Gasteiger partial charge in [-0.3, -0.25) is 9.59 Å². The first-order valence-electron chi connectivity index (χ1n) is 4.05. The Morgan fingerprint density at radius 3 is 2.08 bits per heavy atom. The number of hydrogen-bond acceptors (Lipinski definition) is 2. The van der Waals surface area contributed by atoms with E-state index in [-0.39, 0.29) is 5.91 Å². The van der Waals surface area contributed by atoms with E-state index in [9.17, 15) is 9.59 Å². The summed E-state index contributed by atoms with van der Waals surface area (Å²) in [7, 11) is 0. The first-order valence-corrected chi connectivity index (χ1v) is 4.05. The van der Waals surface area contributed by atoms with Crippen molar-refractivity contribution in [1.29, 1.82) is 0 Å². The maximum Gasteiger partial charge on any atom is 0.237 e. The minimum absolute atomic E-state index is 0.152. The highest BCUT2D eigenvalue weighted by Gasteiger charge is 2.39. The number of hydrogen-bond donors (Lipinski definition) is 1. The second-order valence-electron chi connectivity index (χ2n) is 3.64. The molecule has 0 aromatic carbocycles. The van der Waals surface area contributed by atoms with Gasteiger partial charge in [-0.15, -0.1) is 0 Å². The van der Waals surface area contributed by atoms with Crippen molar-refractivity contribution in [2.75, 3.05) is 13.1 Å². The van der Waals surface area contributed by atoms with Crippen LogP contribution < -0.4 is 5.73 Å². The first-order chi connectivity index (χ1) is 5.46. The standard InChI is InChI=1S/C8H14N2O2/c1-8(2,6(9)11)7(12)10-4-3-5-10/h3-5H2,1-2H3,(H2,9,11). The molecule has 4 nitrogen and oxygen atoms in total. The van der Waals surface area contributed by atoms with Gasteiger partial charge in [0.15, 0.2) is 0 Å². The molecule has 12 heavy (non-hydrogen) atoms. The van der Waals surface area contributed by atoms with Crippen LogP contribution in [0.1, 0.15) is 20.3 Å². The fourth-order valence-corrected chi connectivity index (χ4v) is 1.02. The zero-order valence-electron chi connectivity index (χ0n) is 7.46. The van der Waals surface area contributed by atoms with Crippen molar-refractivity contribution in [2.45, 2.75) is 20.3 Å². The minimum Gasteiger partial charge on any atom is -0.369 e. The third-order valence-electron chi connectivity index (χ3n) is 2.29. The van der Waals surface area contributed by atoms with Gasteiger partial charge in [-0.25, -0.2) is 0 Å². The Balaban J connectivity index is 2.66. The van der Waals surface area contributed by atoms with Crippen molar-refractivity contribution in [2.24, 2.45) is 11.1 Å². The van der Waals surface area contributed by atoms with Crippen LogP contribution in [0.15, 0.2) is 0 Å². The highest BCUT2D eigenvalue weighted by Crippen LogP contribution is 2.21. The fourth-order valence-electron chi connectivity index (χ4n) is 1.02. The van der Waals surface area contributed by atoms with Gasteiger partial charge in [-0.05, 0) is 20.3 Å². The van der Waals surface area contributed by atoms with Crippen molar-refractivity contribution in [3.63, 3.8) is 0 Å². The second-order valence-corrected chi connectivity index (χ2v) is 3.64. The van der Waals surface area contributed by atoms with Gasteiger partial charge < -0.3 is 10.6 Å². The van der Waals surface area contributed by atoms with E-state index >= 15 is 0 Å².